The van der Waals surface area contributed by atoms with E-state index in [1.54, 1.807) is 0 Å². The Morgan fingerprint density at radius 1 is 1.42 bits per heavy atom. The Bertz CT molecular complexity index is 818. The summed E-state index contributed by atoms with van der Waals surface area (Å²) in [5, 5.41) is 1.48. The van der Waals surface area contributed by atoms with Crippen molar-refractivity contribution in [3.05, 3.63) is 40.5 Å². The quantitative estimate of drug-likeness (QED) is 0.926. The minimum atomic E-state index is 0.0233. The highest BCUT2D eigenvalue weighted by Gasteiger charge is 2.36. The third-order valence-electron chi connectivity index (χ3n) is 5.35. The van der Waals surface area contributed by atoms with Gasteiger partial charge in [0.2, 0.25) is 0 Å². The summed E-state index contributed by atoms with van der Waals surface area (Å²) < 4.78 is 0. The molecule has 4 nitrogen and oxygen atoms in total. The molecule has 0 radical (unpaired) electrons. The number of nitrogens with two attached hydrogens (primary N) is 1. The van der Waals surface area contributed by atoms with Gasteiger partial charge in [-0.3, -0.25) is 9.78 Å². The fourth-order valence-electron chi connectivity index (χ4n) is 3.52. The maximum atomic E-state index is 13.2. The van der Waals surface area contributed by atoms with Crippen LogP contribution in [-0.2, 0) is 0 Å². The van der Waals surface area contributed by atoms with E-state index in [1.165, 1.54) is 0 Å². The van der Waals surface area contributed by atoms with E-state index in [1.807, 2.05) is 29.2 Å². The second-order valence-corrected chi connectivity index (χ2v) is 7.96. The Balaban J connectivity index is 1.77. The molecule has 1 unspecified atom stereocenters. The van der Waals surface area contributed by atoms with Crippen molar-refractivity contribution in [2.24, 2.45) is 11.1 Å². The topological polar surface area (TPSA) is 59.2 Å². The molecule has 1 aromatic carbocycles. The molecular weight excluding hydrogens is 322 g/mol. The summed E-state index contributed by atoms with van der Waals surface area (Å²) in [4.78, 5) is 19.9. The number of nitrogens with zero attached hydrogens (tertiary/aromatic N) is 2. The maximum Gasteiger partial charge on any atom is 0.254 e. The van der Waals surface area contributed by atoms with Crippen molar-refractivity contribution in [3.63, 3.8) is 0 Å². The number of likely N-dealkylation sites (tertiary alicyclic amines) is 1. The van der Waals surface area contributed by atoms with Crippen LogP contribution in [-0.4, -0.2) is 35.4 Å². The molecular formula is C19H22ClN3O. The van der Waals surface area contributed by atoms with Gasteiger partial charge in [0.25, 0.3) is 5.91 Å². The Labute approximate surface area is 147 Å². The molecule has 2 aliphatic rings. The van der Waals surface area contributed by atoms with Crippen LogP contribution in [0.4, 0.5) is 0 Å². The van der Waals surface area contributed by atoms with Crippen LogP contribution in [0.1, 0.15) is 48.2 Å². The summed E-state index contributed by atoms with van der Waals surface area (Å²) >= 11 is 6.17. The van der Waals surface area contributed by atoms with Crippen LogP contribution in [0.5, 0.6) is 0 Å². The second kappa shape index (κ2) is 5.71. The highest BCUT2D eigenvalue weighted by atomic mass is 35.5. The van der Waals surface area contributed by atoms with Crippen molar-refractivity contribution in [2.45, 2.75) is 32.1 Å². The first-order chi connectivity index (χ1) is 11.5. The third-order valence-corrected chi connectivity index (χ3v) is 5.59. The van der Waals surface area contributed by atoms with Crippen molar-refractivity contribution in [1.82, 2.24) is 9.88 Å². The Morgan fingerprint density at radius 3 is 2.88 bits per heavy atom. The molecule has 1 aromatic heterocycles. The summed E-state index contributed by atoms with van der Waals surface area (Å²) in [6.45, 7) is 4.23. The maximum absolute atomic E-state index is 13.2. The van der Waals surface area contributed by atoms with Crippen molar-refractivity contribution in [1.29, 1.82) is 0 Å². The summed E-state index contributed by atoms with van der Waals surface area (Å²) in [6, 6.07) is 7.58. The normalized spacial score (nSPS) is 23.9. The van der Waals surface area contributed by atoms with Gasteiger partial charge in [-0.05, 0) is 55.5 Å². The first-order valence-electron chi connectivity index (χ1n) is 8.59. The Kier molecular flexibility index (Phi) is 3.77. The standard InChI is InChI=1S/C19H22ClN3O/c1-19(10-21)6-7-23(11-19)18(24)15-9-17(12-2-3-12)22-16-5-4-13(20)8-14(15)16/h4-5,8-9,12H,2-3,6-7,10-11,21H2,1H3. The molecule has 24 heavy (non-hydrogen) atoms. The van der Waals surface area contributed by atoms with Crippen molar-refractivity contribution >= 4 is 28.4 Å². The number of halogens is 1. The van der Waals surface area contributed by atoms with E-state index in [0.29, 0.717) is 24.0 Å². The number of rotatable bonds is 3. The van der Waals surface area contributed by atoms with E-state index in [-0.39, 0.29) is 11.3 Å². The van der Waals surface area contributed by atoms with Gasteiger partial charge in [-0.1, -0.05) is 18.5 Å². The van der Waals surface area contributed by atoms with E-state index in [4.69, 9.17) is 22.3 Å². The molecule has 1 amide bonds. The number of aromatic nitrogens is 1. The van der Waals surface area contributed by atoms with Crippen LogP contribution < -0.4 is 5.73 Å². The fourth-order valence-corrected chi connectivity index (χ4v) is 3.69. The van der Waals surface area contributed by atoms with E-state index in [9.17, 15) is 4.79 Å². The number of hydrogen-bond acceptors (Lipinski definition) is 3. The minimum absolute atomic E-state index is 0.0233. The molecule has 2 fully saturated rings. The number of carbonyl (C=O) groups excluding carboxylic acids is 1. The molecule has 1 saturated heterocycles. The number of carbonyl (C=O) groups is 1. The summed E-state index contributed by atoms with van der Waals surface area (Å²) in [6.07, 6.45) is 3.28. The van der Waals surface area contributed by atoms with Gasteiger partial charge in [-0.2, -0.15) is 0 Å². The molecule has 5 heteroatoms. The Morgan fingerprint density at radius 2 is 2.21 bits per heavy atom. The van der Waals surface area contributed by atoms with Crippen LogP contribution in [0.15, 0.2) is 24.3 Å². The van der Waals surface area contributed by atoms with E-state index < -0.39 is 0 Å². The van der Waals surface area contributed by atoms with E-state index >= 15 is 0 Å². The van der Waals surface area contributed by atoms with Gasteiger partial charge in [0.1, 0.15) is 0 Å². The van der Waals surface area contributed by atoms with Crippen LogP contribution in [0.25, 0.3) is 10.9 Å². The molecule has 1 atom stereocenters. The highest BCUT2D eigenvalue weighted by Crippen LogP contribution is 2.41. The zero-order valence-electron chi connectivity index (χ0n) is 13.9. The van der Waals surface area contributed by atoms with Gasteiger partial charge in [0.05, 0.1) is 11.1 Å². The third kappa shape index (κ3) is 2.78. The number of hydrogen-bond donors (Lipinski definition) is 1. The number of amides is 1. The molecule has 0 spiro atoms. The number of benzene rings is 1. The fraction of sp³-hybridized carbons (Fsp3) is 0.474. The van der Waals surface area contributed by atoms with Crippen molar-refractivity contribution in [3.8, 4) is 0 Å². The van der Waals surface area contributed by atoms with Gasteiger partial charge in [0.15, 0.2) is 0 Å². The lowest BCUT2D eigenvalue weighted by molar-refractivity contribution is 0.0778. The van der Waals surface area contributed by atoms with Gasteiger partial charge in [-0.25, -0.2) is 0 Å². The lowest BCUT2D eigenvalue weighted by Crippen LogP contribution is -2.34. The second-order valence-electron chi connectivity index (χ2n) is 7.52. The van der Waals surface area contributed by atoms with Gasteiger partial charge in [-0.15, -0.1) is 0 Å². The van der Waals surface area contributed by atoms with Crippen LogP contribution >= 0.6 is 11.6 Å². The smallest absolute Gasteiger partial charge is 0.254 e. The average Bonchev–Trinajstić information content (AvgIpc) is 3.36. The number of fused-ring (bicyclic) bond motifs is 1. The summed E-state index contributed by atoms with van der Waals surface area (Å²) in [7, 11) is 0. The first kappa shape index (κ1) is 15.9. The van der Waals surface area contributed by atoms with Crippen LogP contribution in [0.3, 0.4) is 0 Å². The molecule has 1 aliphatic carbocycles. The average molecular weight is 344 g/mol. The van der Waals surface area contributed by atoms with E-state index in [2.05, 4.69) is 6.92 Å². The molecule has 0 bridgehead atoms. The molecule has 1 aliphatic heterocycles. The largest absolute Gasteiger partial charge is 0.338 e. The molecule has 4 rings (SSSR count). The lowest BCUT2D eigenvalue weighted by atomic mass is 9.90. The van der Waals surface area contributed by atoms with Gasteiger partial charge >= 0.3 is 0 Å². The summed E-state index contributed by atoms with van der Waals surface area (Å²) in [5.41, 5.74) is 8.53. The predicted molar refractivity (Wildman–Crippen MR) is 96.4 cm³/mol. The molecule has 2 aromatic rings. The molecule has 2 heterocycles. The first-order valence-corrected chi connectivity index (χ1v) is 8.96. The molecule has 2 N–H and O–H groups in total. The zero-order valence-corrected chi connectivity index (χ0v) is 14.6. The monoisotopic (exact) mass is 343 g/mol. The summed E-state index contributed by atoms with van der Waals surface area (Å²) in [5.74, 6) is 0.577. The SMILES string of the molecule is CC1(CN)CCN(C(=O)c2cc(C3CC3)nc3ccc(Cl)cc23)C1. The van der Waals surface area contributed by atoms with Gasteiger partial charge in [0, 0.05) is 35.1 Å². The highest BCUT2D eigenvalue weighted by molar-refractivity contribution is 6.31. The number of pyridine rings is 1. The molecule has 1 saturated carbocycles. The van der Waals surface area contributed by atoms with Gasteiger partial charge < -0.3 is 10.6 Å². The minimum Gasteiger partial charge on any atom is -0.338 e. The van der Waals surface area contributed by atoms with Crippen LogP contribution in [0.2, 0.25) is 5.02 Å². The van der Waals surface area contributed by atoms with Crippen LogP contribution in [0, 0.1) is 5.41 Å². The van der Waals surface area contributed by atoms with Crippen molar-refractivity contribution in [2.75, 3.05) is 19.6 Å². The molecule has 126 valence electrons. The zero-order chi connectivity index (χ0) is 16.9. The van der Waals surface area contributed by atoms with E-state index in [0.717, 1.165) is 48.0 Å². The van der Waals surface area contributed by atoms with Crippen molar-refractivity contribution < 1.29 is 4.79 Å². The predicted octanol–water partition coefficient (Wildman–Crippen LogP) is 3.58. The Hall–Kier alpha value is -1.65. The lowest BCUT2D eigenvalue weighted by Gasteiger charge is -2.23.